The lowest BCUT2D eigenvalue weighted by Crippen LogP contribution is -1.97. The number of pyridine rings is 1. The van der Waals surface area contributed by atoms with Crippen molar-refractivity contribution in [3.63, 3.8) is 0 Å². The molecule has 0 saturated heterocycles. The topological polar surface area (TPSA) is 57.4 Å². The summed E-state index contributed by atoms with van der Waals surface area (Å²) in [7, 11) is 0. The molecule has 20 heavy (non-hydrogen) atoms. The molecule has 4 nitrogen and oxygen atoms in total. The summed E-state index contributed by atoms with van der Waals surface area (Å²) < 4.78 is 12.0. The zero-order valence-corrected chi connectivity index (χ0v) is 13.1. The predicted octanol–water partition coefficient (Wildman–Crippen LogP) is 4.32. The first kappa shape index (κ1) is 14.7. The molecule has 0 spiro atoms. The highest BCUT2D eigenvalue weighted by Gasteiger charge is 2.09. The molecule has 1 aromatic carbocycles. The van der Waals surface area contributed by atoms with Crippen LogP contribution < -0.4 is 15.2 Å². The van der Waals surface area contributed by atoms with Gasteiger partial charge in [-0.1, -0.05) is 6.92 Å². The van der Waals surface area contributed by atoms with E-state index in [0.717, 1.165) is 22.2 Å². The lowest BCUT2D eigenvalue weighted by atomic mass is 10.2. The Labute approximate surface area is 127 Å². The van der Waals surface area contributed by atoms with Gasteiger partial charge >= 0.3 is 0 Å². The smallest absolute Gasteiger partial charge is 0.233 e. The fourth-order valence-electron chi connectivity index (χ4n) is 1.58. The molecule has 1 heterocycles. The van der Waals surface area contributed by atoms with Crippen LogP contribution in [-0.4, -0.2) is 11.6 Å². The summed E-state index contributed by atoms with van der Waals surface area (Å²) in [5, 5.41) is 0. The van der Waals surface area contributed by atoms with Crippen LogP contribution in [0.5, 0.6) is 17.4 Å². The summed E-state index contributed by atoms with van der Waals surface area (Å²) in [6.45, 7) is 4.70. The van der Waals surface area contributed by atoms with E-state index in [2.05, 4.69) is 27.8 Å². The van der Waals surface area contributed by atoms with Gasteiger partial charge in [0.15, 0.2) is 0 Å². The standard InChI is InChI=1S/C15H17BrN2O2/c1-3-8-19-11-4-6-12(7-5-11)20-15-14(16)10(2)13(17)9-18-15/h4-7,9H,3,8,17H2,1-2H3. The van der Waals surface area contributed by atoms with Crippen LogP contribution in [-0.2, 0) is 0 Å². The minimum atomic E-state index is 0.499. The second kappa shape index (κ2) is 6.61. The van der Waals surface area contributed by atoms with Crippen LogP contribution in [0, 0.1) is 6.92 Å². The molecule has 2 rings (SSSR count). The highest BCUT2D eigenvalue weighted by atomic mass is 79.9. The van der Waals surface area contributed by atoms with Gasteiger partial charge in [-0.25, -0.2) is 4.98 Å². The Balaban J connectivity index is 2.12. The lowest BCUT2D eigenvalue weighted by Gasteiger charge is -2.10. The van der Waals surface area contributed by atoms with E-state index in [1.165, 1.54) is 0 Å². The van der Waals surface area contributed by atoms with Crippen LogP contribution in [0.1, 0.15) is 18.9 Å². The van der Waals surface area contributed by atoms with Crippen molar-refractivity contribution in [3.8, 4) is 17.4 Å². The second-order valence-corrected chi connectivity index (χ2v) is 5.17. The summed E-state index contributed by atoms with van der Waals surface area (Å²) >= 11 is 3.44. The zero-order chi connectivity index (χ0) is 14.5. The molecular formula is C15H17BrN2O2. The first-order valence-corrected chi connectivity index (χ1v) is 7.22. The highest BCUT2D eigenvalue weighted by molar-refractivity contribution is 9.10. The largest absolute Gasteiger partial charge is 0.494 e. The lowest BCUT2D eigenvalue weighted by molar-refractivity contribution is 0.317. The Morgan fingerprint density at radius 2 is 1.85 bits per heavy atom. The number of anilines is 1. The molecule has 0 saturated carbocycles. The molecule has 0 atom stereocenters. The van der Waals surface area contributed by atoms with Crippen LogP contribution in [0.15, 0.2) is 34.9 Å². The van der Waals surface area contributed by atoms with E-state index in [1.807, 2.05) is 31.2 Å². The number of nitrogen functional groups attached to an aromatic ring is 1. The molecule has 106 valence electrons. The minimum absolute atomic E-state index is 0.499. The number of benzene rings is 1. The molecule has 1 aromatic heterocycles. The maximum absolute atomic E-state index is 5.78. The average molecular weight is 337 g/mol. The van der Waals surface area contributed by atoms with Crippen molar-refractivity contribution >= 4 is 21.6 Å². The predicted molar refractivity (Wildman–Crippen MR) is 83.4 cm³/mol. The maximum Gasteiger partial charge on any atom is 0.233 e. The quantitative estimate of drug-likeness (QED) is 0.883. The summed E-state index contributed by atoms with van der Waals surface area (Å²) in [6, 6.07) is 7.46. The van der Waals surface area contributed by atoms with E-state index in [9.17, 15) is 0 Å². The summed E-state index contributed by atoms with van der Waals surface area (Å²) in [5.41, 5.74) is 7.33. The third-order valence-corrected chi connectivity index (χ3v) is 3.72. The summed E-state index contributed by atoms with van der Waals surface area (Å²) in [4.78, 5) is 4.18. The van der Waals surface area contributed by atoms with Crippen LogP contribution in [0.2, 0.25) is 0 Å². The molecule has 2 aromatic rings. The van der Waals surface area contributed by atoms with Gasteiger partial charge in [0.2, 0.25) is 5.88 Å². The molecule has 2 N–H and O–H groups in total. The van der Waals surface area contributed by atoms with Crippen LogP contribution in [0.4, 0.5) is 5.69 Å². The van der Waals surface area contributed by atoms with Gasteiger partial charge < -0.3 is 15.2 Å². The third-order valence-electron chi connectivity index (χ3n) is 2.78. The molecule has 0 fully saturated rings. The highest BCUT2D eigenvalue weighted by Crippen LogP contribution is 2.33. The molecular weight excluding hydrogens is 320 g/mol. The first-order valence-electron chi connectivity index (χ1n) is 6.43. The van der Waals surface area contributed by atoms with Crippen molar-refractivity contribution in [2.24, 2.45) is 0 Å². The number of nitrogens with two attached hydrogens (primary N) is 1. The van der Waals surface area contributed by atoms with Crippen molar-refractivity contribution in [2.75, 3.05) is 12.3 Å². The van der Waals surface area contributed by atoms with E-state index >= 15 is 0 Å². The van der Waals surface area contributed by atoms with Crippen molar-refractivity contribution < 1.29 is 9.47 Å². The van der Waals surface area contributed by atoms with E-state index in [0.29, 0.717) is 23.9 Å². The SMILES string of the molecule is CCCOc1ccc(Oc2ncc(N)c(C)c2Br)cc1. The van der Waals surface area contributed by atoms with Gasteiger partial charge in [0, 0.05) is 0 Å². The monoisotopic (exact) mass is 336 g/mol. The normalized spacial score (nSPS) is 10.3. The molecule has 0 aliphatic rings. The number of hydrogen-bond acceptors (Lipinski definition) is 4. The number of aromatic nitrogens is 1. The van der Waals surface area contributed by atoms with E-state index < -0.39 is 0 Å². The van der Waals surface area contributed by atoms with Crippen LogP contribution in [0.3, 0.4) is 0 Å². The van der Waals surface area contributed by atoms with Gasteiger partial charge in [-0.15, -0.1) is 0 Å². The van der Waals surface area contributed by atoms with Crippen LogP contribution >= 0.6 is 15.9 Å². The maximum atomic E-state index is 5.78. The number of hydrogen-bond donors (Lipinski definition) is 1. The Morgan fingerprint density at radius 3 is 2.50 bits per heavy atom. The number of nitrogens with zero attached hydrogens (tertiary/aromatic N) is 1. The molecule has 0 radical (unpaired) electrons. The van der Waals surface area contributed by atoms with Gasteiger partial charge in [-0.2, -0.15) is 0 Å². The van der Waals surface area contributed by atoms with Crippen molar-refractivity contribution in [1.82, 2.24) is 4.98 Å². The minimum Gasteiger partial charge on any atom is -0.494 e. The number of rotatable bonds is 5. The molecule has 5 heteroatoms. The van der Waals surface area contributed by atoms with Crippen molar-refractivity contribution in [2.45, 2.75) is 20.3 Å². The number of halogens is 1. The summed E-state index contributed by atoms with van der Waals surface area (Å²) in [5.74, 6) is 2.03. The van der Waals surface area contributed by atoms with Crippen molar-refractivity contribution in [3.05, 3.63) is 40.5 Å². The fraction of sp³-hybridized carbons (Fsp3) is 0.267. The van der Waals surface area contributed by atoms with Crippen LogP contribution in [0.25, 0.3) is 0 Å². The molecule has 0 unspecified atom stereocenters. The average Bonchev–Trinajstić information content (AvgIpc) is 2.47. The van der Waals surface area contributed by atoms with Gasteiger partial charge in [0.1, 0.15) is 11.5 Å². The number of ether oxygens (including phenoxy) is 2. The molecule has 0 bridgehead atoms. The molecule has 0 amide bonds. The second-order valence-electron chi connectivity index (χ2n) is 4.38. The molecule has 0 aliphatic carbocycles. The van der Waals surface area contributed by atoms with E-state index in [-0.39, 0.29) is 0 Å². The zero-order valence-electron chi connectivity index (χ0n) is 11.5. The van der Waals surface area contributed by atoms with E-state index in [4.69, 9.17) is 15.2 Å². The van der Waals surface area contributed by atoms with Gasteiger partial charge in [0.05, 0.1) is 23.0 Å². The Bertz CT molecular complexity index is 585. The van der Waals surface area contributed by atoms with Gasteiger partial charge in [-0.05, 0) is 59.1 Å². The summed E-state index contributed by atoms with van der Waals surface area (Å²) in [6.07, 6.45) is 2.58. The third kappa shape index (κ3) is 3.42. The van der Waals surface area contributed by atoms with Gasteiger partial charge in [-0.3, -0.25) is 0 Å². The van der Waals surface area contributed by atoms with E-state index in [1.54, 1.807) is 6.20 Å². The Kier molecular flexibility index (Phi) is 4.84. The van der Waals surface area contributed by atoms with Crippen molar-refractivity contribution in [1.29, 1.82) is 0 Å². The Hall–Kier alpha value is -1.75. The first-order chi connectivity index (χ1) is 9.61. The molecule has 0 aliphatic heterocycles. The Morgan fingerprint density at radius 1 is 1.20 bits per heavy atom. The van der Waals surface area contributed by atoms with Gasteiger partial charge in [0.25, 0.3) is 0 Å². The fourth-order valence-corrected chi connectivity index (χ4v) is 1.99.